The number of ether oxygens (including phenoxy) is 1. The zero-order valence-corrected chi connectivity index (χ0v) is 21.0. The van der Waals surface area contributed by atoms with Gasteiger partial charge in [-0.05, 0) is 48.9 Å². The fourth-order valence-corrected chi connectivity index (χ4v) is 5.02. The zero-order chi connectivity index (χ0) is 26.3. The third kappa shape index (κ3) is 6.19. The lowest BCUT2D eigenvalue weighted by molar-refractivity contribution is -0.139. The Labute approximate surface area is 210 Å². The second-order valence-corrected chi connectivity index (χ2v) is 9.83. The van der Waals surface area contributed by atoms with Crippen molar-refractivity contribution in [3.05, 3.63) is 90.2 Å². The molecule has 0 aliphatic rings. The first-order valence-corrected chi connectivity index (χ1v) is 12.6. The largest absolute Gasteiger partial charge is 0.497 e. The molecule has 0 aliphatic carbocycles. The van der Waals surface area contributed by atoms with E-state index in [1.807, 2.05) is 0 Å². The number of benzene rings is 3. The normalized spacial score (nSPS) is 11.9. The Morgan fingerprint density at radius 1 is 1.00 bits per heavy atom. The maximum absolute atomic E-state index is 13.6. The summed E-state index contributed by atoms with van der Waals surface area (Å²) >= 11 is 0. The maximum atomic E-state index is 13.6. The van der Waals surface area contributed by atoms with Gasteiger partial charge in [-0.3, -0.25) is 13.9 Å². The van der Waals surface area contributed by atoms with Crippen molar-refractivity contribution in [3.63, 3.8) is 0 Å². The van der Waals surface area contributed by atoms with Crippen LogP contribution in [0, 0.1) is 5.82 Å². The lowest BCUT2D eigenvalue weighted by Gasteiger charge is -2.31. The first kappa shape index (κ1) is 26.7. The number of anilines is 1. The van der Waals surface area contributed by atoms with E-state index >= 15 is 0 Å². The van der Waals surface area contributed by atoms with Gasteiger partial charge < -0.3 is 15.0 Å². The van der Waals surface area contributed by atoms with E-state index < -0.39 is 40.2 Å². The first-order valence-electron chi connectivity index (χ1n) is 11.1. The first-order chi connectivity index (χ1) is 17.2. The van der Waals surface area contributed by atoms with Crippen molar-refractivity contribution >= 4 is 27.5 Å². The average molecular weight is 514 g/mol. The Balaban J connectivity index is 2.03. The predicted molar refractivity (Wildman–Crippen MR) is 134 cm³/mol. The molecule has 0 saturated heterocycles. The summed E-state index contributed by atoms with van der Waals surface area (Å²) in [7, 11) is -1.26. The molecule has 36 heavy (non-hydrogen) atoms. The number of likely N-dealkylation sites (N-methyl/N-ethyl adjacent to an activating group) is 1. The SMILES string of the molecule is CNC(=O)C(C)N(Cc1ccc(F)cc1)C(=O)CN(c1cccc(OC)c1)S(=O)(=O)c1ccccc1. The third-order valence-corrected chi connectivity index (χ3v) is 7.42. The number of halogens is 1. The highest BCUT2D eigenvalue weighted by atomic mass is 32.2. The molecule has 0 spiro atoms. The molecular formula is C26H28FN3O5S. The van der Waals surface area contributed by atoms with Gasteiger partial charge in [-0.25, -0.2) is 12.8 Å². The van der Waals surface area contributed by atoms with Gasteiger partial charge in [0.1, 0.15) is 24.2 Å². The van der Waals surface area contributed by atoms with Gasteiger partial charge in [0.2, 0.25) is 11.8 Å². The van der Waals surface area contributed by atoms with Crippen LogP contribution < -0.4 is 14.4 Å². The number of amides is 2. The summed E-state index contributed by atoms with van der Waals surface area (Å²) in [6.07, 6.45) is 0. The van der Waals surface area contributed by atoms with Gasteiger partial charge in [0.25, 0.3) is 10.0 Å². The maximum Gasteiger partial charge on any atom is 0.264 e. The number of carbonyl (C=O) groups excluding carboxylic acids is 2. The quantitative estimate of drug-likeness (QED) is 0.449. The second kappa shape index (κ2) is 11.7. The molecule has 0 aliphatic heterocycles. The van der Waals surface area contributed by atoms with Gasteiger partial charge >= 0.3 is 0 Å². The van der Waals surface area contributed by atoms with Crippen molar-refractivity contribution in [2.24, 2.45) is 0 Å². The molecular weight excluding hydrogens is 485 g/mol. The Hall–Kier alpha value is -3.92. The van der Waals surface area contributed by atoms with Crippen LogP contribution in [0.3, 0.4) is 0 Å². The average Bonchev–Trinajstić information content (AvgIpc) is 2.90. The third-order valence-electron chi connectivity index (χ3n) is 5.63. The summed E-state index contributed by atoms with van der Waals surface area (Å²) in [4.78, 5) is 27.3. The summed E-state index contributed by atoms with van der Waals surface area (Å²) < 4.78 is 46.9. The van der Waals surface area contributed by atoms with Crippen LogP contribution in [0.2, 0.25) is 0 Å². The lowest BCUT2D eigenvalue weighted by atomic mass is 10.1. The Kier molecular flexibility index (Phi) is 8.65. The number of nitrogens with zero attached hydrogens (tertiary/aromatic N) is 2. The van der Waals surface area contributed by atoms with Gasteiger partial charge in [0.15, 0.2) is 0 Å². The van der Waals surface area contributed by atoms with Gasteiger partial charge in [-0.2, -0.15) is 0 Å². The highest BCUT2D eigenvalue weighted by molar-refractivity contribution is 7.92. The number of sulfonamides is 1. The minimum Gasteiger partial charge on any atom is -0.497 e. The highest BCUT2D eigenvalue weighted by Crippen LogP contribution is 2.27. The molecule has 0 bridgehead atoms. The number of methoxy groups -OCH3 is 1. The van der Waals surface area contributed by atoms with Gasteiger partial charge in [0, 0.05) is 19.7 Å². The molecule has 1 N–H and O–H groups in total. The fraction of sp³-hybridized carbons (Fsp3) is 0.231. The molecule has 3 aromatic rings. The van der Waals surface area contributed by atoms with Crippen LogP contribution in [0.4, 0.5) is 10.1 Å². The van der Waals surface area contributed by atoms with Gasteiger partial charge in [-0.1, -0.05) is 36.4 Å². The molecule has 2 amide bonds. The summed E-state index contributed by atoms with van der Waals surface area (Å²) in [5.74, 6) is -1.06. The van der Waals surface area contributed by atoms with Crippen molar-refractivity contribution in [3.8, 4) is 5.75 Å². The van der Waals surface area contributed by atoms with E-state index in [0.29, 0.717) is 11.3 Å². The molecule has 3 rings (SSSR count). The van der Waals surface area contributed by atoms with E-state index in [0.717, 1.165) is 4.31 Å². The molecule has 0 fully saturated rings. The van der Waals surface area contributed by atoms with Crippen molar-refractivity contribution in [1.29, 1.82) is 0 Å². The van der Waals surface area contributed by atoms with E-state index in [4.69, 9.17) is 4.74 Å². The van der Waals surface area contributed by atoms with Crippen LogP contribution in [0.1, 0.15) is 12.5 Å². The molecule has 0 saturated carbocycles. The lowest BCUT2D eigenvalue weighted by Crippen LogP contribution is -2.50. The number of nitrogens with one attached hydrogen (secondary N) is 1. The summed E-state index contributed by atoms with van der Waals surface area (Å²) in [6, 6.07) is 18.7. The standard InChI is InChI=1S/C26H28FN3O5S/c1-19(26(32)28-2)29(17-20-12-14-21(27)15-13-20)25(31)18-30(22-8-7-9-23(16-22)35-3)36(33,34)24-10-5-4-6-11-24/h4-16,19H,17-18H2,1-3H3,(H,28,32). The fourth-order valence-electron chi connectivity index (χ4n) is 3.59. The topological polar surface area (TPSA) is 96.0 Å². The Morgan fingerprint density at radius 2 is 1.67 bits per heavy atom. The van der Waals surface area contributed by atoms with E-state index in [1.54, 1.807) is 43.3 Å². The predicted octanol–water partition coefficient (Wildman–Crippen LogP) is 3.19. The van der Waals surface area contributed by atoms with Crippen LogP contribution in [-0.4, -0.2) is 51.9 Å². The molecule has 0 radical (unpaired) electrons. The molecule has 0 heterocycles. The van der Waals surface area contributed by atoms with Crippen molar-refractivity contribution in [2.45, 2.75) is 24.4 Å². The summed E-state index contributed by atoms with van der Waals surface area (Å²) in [5, 5.41) is 2.51. The highest BCUT2D eigenvalue weighted by Gasteiger charge is 2.32. The molecule has 3 aromatic carbocycles. The minimum atomic E-state index is -4.16. The van der Waals surface area contributed by atoms with Gasteiger partial charge in [-0.15, -0.1) is 0 Å². The molecule has 1 unspecified atom stereocenters. The van der Waals surface area contributed by atoms with Crippen LogP contribution in [-0.2, 0) is 26.2 Å². The molecule has 1 atom stereocenters. The molecule has 8 nitrogen and oxygen atoms in total. The Morgan fingerprint density at radius 3 is 2.28 bits per heavy atom. The smallest absolute Gasteiger partial charge is 0.264 e. The zero-order valence-electron chi connectivity index (χ0n) is 20.2. The van der Waals surface area contributed by atoms with E-state index in [2.05, 4.69) is 5.32 Å². The van der Waals surface area contributed by atoms with E-state index in [9.17, 15) is 22.4 Å². The van der Waals surface area contributed by atoms with Crippen molar-refractivity contribution in [1.82, 2.24) is 10.2 Å². The number of hydrogen-bond acceptors (Lipinski definition) is 5. The van der Waals surface area contributed by atoms with E-state index in [-0.39, 0.29) is 17.1 Å². The van der Waals surface area contributed by atoms with Crippen LogP contribution >= 0.6 is 0 Å². The molecule has 10 heteroatoms. The molecule has 0 aromatic heterocycles. The van der Waals surface area contributed by atoms with Crippen molar-refractivity contribution in [2.75, 3.05) is 25.0 Å². The van der Waals surface area contributed by atoms with Crippen LogP contribution in [0.25, 0.3) is 0 Å². The monoisotopic (exact) mass is 513 g/mol. The Bertz CT molecular complexity index is 1300. The number of hydrogen-bond donors (Lipinski definition) is 1. The second-order valence-electron chi connectivity index (χ2n) is 7.96. The van der Waals surface area contributed by atoms with Crippen LogP contribution in [0.5, 0.6) is 5.75 Å². The minimum absolute atomic E-state index is 0.00468. The van der Waals surface area contributed by atoms with E-state index in [1.165, 1.54) is 61.5 Å². The summed E-state index contributed by atoms with van der Waals surface area (Å²) in [6.45, 7) is 0.944. The molecule has 190 valence electrons. The summed E-state index contributed by atoms with van der Waals surface area (Å²) in [5.41, 5.74) is 0.806. The number of carbonyl (C=O) groups is 2. The van der Waals surface area contributed by atoms with Crippen molar-refractivity contribution < 1.29 is 27.1 Å². The number of rotatable bonds is 10. The van der Waals surface area contributed by atoms with Crippen LogP contribution in [0.15, 0.2) is 83.8 Å². The van der Waals surface area contributed by atoms with Gasteiger partial charge in [0.05, 0.1) is 17.7 Å².